The van der Waals surface area contributed by atoms with Gasteiger partial charge in [0.15, 0.2) is 15.3 Å². The SMILES string of the molecule is CCCS(=O)(=O)C(O)C=C(C)CCC=C(C)CCC=C(C)CCC=C(C)CCC=C(C)C. The second-order valence-corrected chi connectivity index (χ2v) is 11.6. The fourth-order valence-corrected chi connectivity index (χ4v) is 4.62. The fraction of sp³-hybridized carbons (Fsp3) is 0.643. The van der Waals surface area contributed by atoms with Crippen molar-refractivity contribution in [1.82, 2.24) is 0 Å². The molecule has 4 heteroatoms. The van der Waals surface area contributed by atoms with Crippen LogP contribution in [-0.4, -0.2) is 24.7 Å². The van der Waals surface area contributed by atoms with Gasteiger partial charge in [-0.3, -0.25) is 0 Å². The molecule has 0 aromatic heterocycles. The minimum absolute atomic E-state index is 0.0239. The van der Waals surface area contributed by atoms with Crippen LogP contribution >= 0.6 is 0 Å². The summed E-state index contributed by atoms with van der Waals surface area (Å²) in [4.78, 5) is 0. The first-order chi connectivity index (χ1) is 15.0. The molecule has 3 nitrogen and oxygen atoms in total. The second kappa shape index (κ2) is 17.1. The molecule has 0 fully saturated rings. The van der Waals surface area contributed by atoms with Gasteiger partial charge in [0, 0.05) is 0 Å². The molecule has 1 N–H and O–H groups in total. The van der Waals surface area contributed by atoms with E-state index in [-0.39, 0.29) is 5.75 Å². The average Bonchev–Trinajstić information content (AvgIpc) is 2.67. The van der Waals surface area contributed by atoms with E-state index in [0.717, 1.165) is 56.9 Å². The van der Waals surface area contributed by atoms with Crippen molar-refractivity contribution in [1.29, 1.82) is 0 Å². The van der Waals surface area contributed by atoms with Crippen LogP contribution in [-0.2, 0) is 9.84 Å². The molecule has 0 rings (SSSR count). The van der Waals surface area contributed by atoms with E-state index in [9.17, 15) is 13.5 Å². The highest BCUT2D eigenvalue weighted by molar-refractivity contribution is 7.91. The molecule has 0 aliphatic rings. The third-order valence-corrected chi connectivity index (χ3v) is 7.32. The Hall–Kier alpha value is -1.39. The summed E-state index contributed by atoms with van der Waals surface area (Å²) in [6.45, 7) is 14.6. The predicted molar refractivity (Wildman–Crippen MR) is 141 cm³/mol. The number of allylic oxidation sites excluding steroid dienone is 9. The van der Waals surface area contributed by atoms with Gasteiger partial charge in [-0.15, -0.1) is 0 Å². The summed E-state index contributed by atoms with van der Waals surface area (Å²) in [6.07, 6.45) is 19.5. The fourth-order valence-electron chi connectivity index (χ4n) is 3.37. The molecule has 184 valence electrons. The molecule has 0 amide bonds. The lowest BCUT2D eigenvalue weighted by atomic mass is 10.0. The molecule has 0 aromatic carbocycles. The molecule has 0 spiro atoms. The van der Waals surface area contributed by atoms with Gasteiger partial charge in [-0.05, 0) is 105 Å². The highest BCUT2D eigenvalue weighted by Gasteiger charge is 2.19. The summed E-state index contributed by atoms with van der Waals surface area (Å²) in [5.74, 6) is 0.0239. The molecule has 32 heavy (non-hydrogen) atoms. The Morgan fingerprint density at radius 3 is 1.44 bits per heavy atom. The van der Waals surface area contributed by atoms with Crippen LogP contribution in [0.4, 0.5) is 0 Å². The molecule has 0 aromatic rings. The maximum atomic E-state index is 11.9. The summed E-state index contributed by atoms with van der Waals surface area (Å²) in [7, 11) is -3.43. The standard InChI is InChI=1S/C28H48O3S/c1-8-21-32(30,31)28(29)22-27(7)20-12-19-26(6)18-11-17-25(5)16-10-15-24(4)14-9-13-23(2)3/h13,15,17,19,22,28-29H,8-12,14,16,18,20-21H2,1-7H3. The van der Waals surface area contributed by atoms with Crippen molar-refractivity contribution >= 4 is 9.84 Å². The van der Waals surface area contributed by atoms with Crippen molar-refractivity contribution in [2.45, 2.75) is 112 Å². The van der Waals surface area contributed by atoms with E-state index in [0.29, 0.717) is 6.42 Å². The van der Waals surface area contributed by atoms with Gasteiger partial charge in [0.2, 0.25) is 0 Å². The van der Waals surface area contributed by atoms with E-state index < -0.39 is 15.3 Å². The van der Waals surface area contributed by atoms with Crippen LogP contribution in [0.5, 0.6) is 0 Å². The van der Waals surface area contributed by atoms with Crippen LogP contribution < -0.4 is 0 Å². The Labute approximate surface area is 199 Å². The average molecular weight is 465 g/mol. The van der Waals surface area contributed by atoms with Gasteiger partial charge in [0.1, 0.15) is 0 Å². The Morgan fingerprint density at radius 2 is 1.06 bits per heavy atom. The maximum Gasteiger partial charge on any atom is 0.180 e. The second-order valence-electron chi connectivity index (χ2n) is 9.36. The first-order valence-electron chi connectivity index (χ1n) is 12.1. The molecular weight excluding hydrogens is 416 g/mol. The highest BCUT2D eigenvalue weighted by Crippen LogP contribution is 2.15. The Kier molecular flexibility index (Phi) is 16.4. The summed E-state index contributed by atoms with van der Waals surface area (Å²) < 4.78 is 23.7. The first kappa shape index (κ1) is 30.6. The zero-order valence-corrected chi connectivity index (χ0v) is 22.5. The van der Waals surface area contributed by atoms with Crippen molar-refractivity contribution in [2.24, 2.45) is 0 Å². The van der Waals surface area contributed by atoms with Crippen molar-refractivity contribution in [3.05, 3.63) is 58.2 Å². The first-order valence-corrected chi connectivity index (χ1v) is 13.9. The van der Waals surface area contributed by atoms with E-state index in [4.69, 9.17) is 0 Å². The number of aliphatic hydroxyl groups is 1. The van der Waals surface area contributed by atoms with E-state index in [1.54, 1.807) is 6.92 Å². The van der Waals surface area contributed by atoms with Crippen molar-refractivity contribution in [3.63, 3.8) is 0 Å². The summed E-state index contributed by atoms with van der Waals surface area (Å²) in [5.41, 5.74) is 5.22. The minimum Gasteiger partial charge on any atom is -0.374 e. The maximum absolute atomic E-state index is 11.9. The predicted octanol–water partition coefficient (Wildman–Crippen LogP) is 8.00. The third kappa shape index (κ3) is 16.3. The van der Waals surface area contributed by atoms with Crippen LogP contribution in [0.2, 0.25) is 0 Å². The van der Waals surface area contributed by atoms with E-state index >= 15 is 0 Å². The molecule has 0 saturated carbocycles. The van der Waals surface area contributed by atoms with E-state index in [2.05, 4.69) is 58.9 Å². The third-order valence-electron chi connectivity index (χ3n) is 5.47. The normalized spacial score (nSPS) is 15.1. The molecule has 0 bridgehead atoms. The smallest absolute Gasteiger partial charge is 0.180 e. The summed E-state index contributed by atoms with van der Waals surface area (Å²) in [6, 6.07) is 0. The number of hydrogen-bond donors (Lipinski definition) is 1. The van der Waals surface area contributed by atoms with E-state index in [1.165, 1.54) is 28.4 Å². The highest BCUT2D eigenvalue weighted by atomic mass is 32.2. The quantitative estimate of drug-likeness (QED) is 0.235. The van der Waals surface area contributed by atoms with Gasteiger partial charge >= 0.3 is 0 Å². The molecule has 1 unspecified atom stereocenters. The van der Waals surface area contributed by atoms with Crippen LogP contribution in [0.25, 0.3) is 0 Å². The van der Waals surface area contributed by atoms with Crippen LogP contribution in [0.15, 0.2) is 58.2 Å². The largest absolute Gasteiger partial charge is 0.374 e. The molecule has 0 radical (unpaired) electrons. The Bertz CT molecular complexity index is 789. The molecule has 1 atom stereocenters. The summed E-state index contributed by atoms with van der Waals surface area (Å²) >= 11 is 0. The number of hydrogen-bond acceptors (Lipinski definition) is 3. The van der Waals surface area contributed by atoms with Gasteiger partial charge in [-0.25, -0.2) is 8.42 Å². The molecule has 0 aliphatic carbocycles. The van der Waals surface area contributed by atoms with Crippen molar-refractivity contribution < 1.29 is 13.5 Å². The van der Waals surface area contributed by atoms with Gasteiger partial charge in [0.05, 0.1) is 5.75 Å². The van der Waals surface area contributed by atoms with Gasteiger partial charge in [-0.1, -0.05) is 59.1 Å². The van der Waals surface area contributed by atoms with Crippen LogP contribution in [0.3, 0.4) is 0 Å². The molecular formula is C28H48O3S. The Balaban J connectivity index is 4.30. The zero-order chi connectivity index (χ0) is 24.6. The number of aliphatic hydroxyl groups excluding tert-OH is 1. The molecule has 0 aliphatic heterocycles. The van der Waals surface area contributed by atoms with Crippen LogP contribution in [0.1, 0.15) is 106 Å². The van der Waals surface area contributed by atoms with Crippen LogP contribution in [0, 0.1) is 0 Å². The number of rotatable bonds is 16. The lowest BCUT2D eigenvalue weighted by Gasteiger charge is -2.08. The van der Waals surface area contributed by atoms with Crippen molar-refractivity contribution in [3.8, 4) is 0 Å². The van der Waals surface area contributed by atoms with Crippen molar-refractivity contribution in [2.75, 3.05) is 5.75 Å². The molecule has 0 saturated heterocycles. The zero-order valence-electron chi connectivity index (χ0n) is 21.7. The van der Waals surface area contributed by atoms with Gasteiger partial charge in [0.25, 0.3) is 0 Å². The monoisotopic (exact) mass is 464 g/mol. The lowest BCUT2D eigenvalue weighted by Crippen LogP contribution is -2.21. The number of sulfone groups is 1. The minimum atomic E-state index is -3.43. The lowest BCUT2D eigenvalue weighted by molar-refractivity contribution is 0.292. The van der Waals surface area contributed by atoms with Gasteiger partial charge < -0.3 is 5.11 Å². The van der Waals surface area contributed by atoms with Gasteiger partial charge in [-0.2, -0.15) is 0 Å². The Morgan fingerprint density at radius 1 is 0.688 bits per heavy atom. The molecule has 0 heterocycles. The summed E-state index contributed by atoms with van der Waals surface area (Å²) in [5, 5.41) is 9.91. The van der Waals surface area contributed by atoms with E-state index in [1.807, 2.05) is 6.92 Å². The topological polar surface area (TPSA) is 54.4 Å².